The Hall–Kier alpha value is -0.640. The molecule has 3 heteroatoms. The second-order valence-corrected chi connectivity index (χ2v) is 6.10. The van der Waals surface area contributed by atoms with Crippen molar-refractivity contribution >= 4 is 22.7 Å². The predicted octanol–water partition coefficient (Wildman–Crippen LogP) is 4.68. The molecule has 0 saturated heterocycles. The zero-order valence-electron chi connectivity index (χ0n) is 10.3. The first-order chi connectivity index (χ1) is 8.35. The second kappa shape index (κ2) is 6.34. The van der Waals surface area contributed by atoms with Gasteiger partial charge in [0.1, 0.15) is 0 Å². The minimum Gasteiger partial charge on any atom is -0.302 e. The van der Waals surface area contributed by atoms with E-state index in [2.05, 4.69) is 54.2 Å². The van der Waals surface area contributed by atoms with E-state index in [1.54, 1.807) is 0 Å². The van der Waals surface area contributed by atoms with Gasteiger partial charge in [-0.2, -0.15) is 0 Å². The molecule has 17 heavy (non-hydrogen) atoms. The van der Waals surface area contributed by atoms with Crippen molar-refractivity contribution in [2.75, 3.05) is 0 Å². The minimum absolute atomic E-state index is 0.375. The fraction of sp³-hybridized carbons (Fsp3) is 0.429. The van der Waals surface area contributed by atoms with E-state index in [1.807, 2.05) is 22.7 Å². The van der Waals surface area contributed by atoms with Gasteiger partial charge in [-0.3, -0.25) is 0 Å². The highest BCUT2D eigenvalue weighted by molar-refractivity contribution is 7.11. The summed E-state index contributed by atoms with van der Waals surface area (Å²) in [4.78, 5) is 2.83. The SMILES string of the molecule is CCC(CC)NC(c1cccs1)c1cccs1. The van der Waals surface area contributed by atoms with Crippen molar-refractivity contribution in [2.45, 2.75) is 38.8 Å². The summed E-state index contributed by atoms with van der Waals surface area (Å²) >= 11 is 3.67. The molecule has 2 aromatic heterocycles. The smallest absolute Gasteiger partial charge is 0.0766 e. The summed E-state index contributed by atoms with van der Waals surface area (Å²) in [5.74, 6) is 0. The Morgan fingerprint density at radius 3 is 1.88 bits per heavy atom. The highest BCUT2D eigenvalue weighted by atomic mass is 32.1. The van der Waals surface area contributed by atoms with Gasteiger partial charge in [-0.25, -0.2) is 0 Å². The maximum absolute atomic E-state index is 3.78. The van der Waals surface area contributed by atoms with Crippen molar-refractivity contribution in [1.29, 1.82) is 0 Å². The van der Waals surface area contributed by atoms with Crippen molar-refractivity contribution in [3.05, 3.63) is 44.8 Å². The molecule has 1 N–H and O–H groups in total. The number of rotatable bonds is 6. The summed E-state index contributed by atoms with van der Waals surface area (Å²) in [7, 11) is 0. The van der Waals surface area contributed by atoms with Crippen molar-refractivity contribution in [3.63, 3.8) is 0 Å². The molecule has 92 valence electrons. The van der Waals surface area contributed by atoms with E-state index < -0.39 is 0 Å². The van der Waals surface area contributed by atoms with E-state index in [-0.39, 0.29) is 0 Å². The van der Waals surface area contributed by atoms with Gasteiger partial charge in [0.2, 0.25) is 0 Å². The van der Waals surface area contributed by atoms with Crippen LogP contribution < -0.4 is 5.32 Å². The van der Waals surface area contributed by atoms with Gasteiger partial charge in [-0.05, 0) is 35.7 Å². The van der Waals surface area contributed by atoms with Crippen LogP contribution in [0.3, 0.4) is 0 Å². The number of hydrogen-bond donors (Lipinski definition) is 1. The van der Waals surface area contributed by atoms with E-state index in [0.29, 0.717) is 12.1 Å². The van der Waals surface area contributed by atoms with Gasteiger partial charge in [-0.1, -0.05) is 26.0 Å². The van der Waals surface area contributed by atoms with Gasteiger partial charge in [0.05, 0.1) is 6.04 Å². The maximum Gasteiger partial charge on any atom is 0.0766 e. The van der Waals surface area contributed by atoms with Crippen LogP contribution in [0.4, 0.5) is 0 Å². The highest BCUT2D eigenvalue weighted by Crippen LogP contribution is 2.30. The number of nitrogens with one attached hydrogen (secondary N) is 1. The Bertz CT molecular complexity index is 367. The monoisotopic (exact) mass is 265 g/mol. The summed E-state index contributed by atoms with van der Waals surface area (Å²) in [6.45, 7) is 4.50. The third kappa shape index (κ3) is 3.18. The lowest BCUT2D eigenvalue weighted by Gasteiger charge is -2.22. The molecule has 0 aliphatic rings. The quantitative estimate of drug-likeness (QED) is 0.800. The zero-order chi connectivity index (χ0) is 12.1. The first kappa shape index (κ1) is 12.8. The lowest BCUT2D eigenvalue weighted by molar-refractivity contribution is 0.453. The average Bonchev–Trinajstić information content (AvgIpc) is 3.03. The maximum atomic E-state index is 3.78. The molecular formula is C14H19NS2. The lowest BCUT2D eigenvalue weighted by Crippen LogP contribution is -2.31. The summed E-state index contributed by atoms with van der Waals surface area (Å²) in [6.07, 6.45) is 2.37. The minimum atomic E-state index is 0.375. The summed E-state index contributed by atoms with van der Waals surface area (Å²) in [5.41, 5.74) is 0. The summed E-state index contributed by atoms with van der Waals surface area (Å²) in [6, 6.07) is 9.70. The fourth-order valence-corrected chi connectivity index (χ4v) is 3.66. The molecule has 0 radical (unpaired) electrons. The molecule has 0 bridgehead atoms. The van der Waals surface area contributed by atoms with Crippen LogP contribution in [0.15, 0.2) is 35.0 Å². The Labute approximate surface area is 112 Å². The molecule has 0 aliphatic carbocycles. The number of hydrogen-bond acceptors (Lipinski definition) is 3. The molecule has 0 atom stereocenters. The van der Waals surface area contributed by atoms with Gasteiger partial charge in [0, 0.05) is 15.8 Å². The van der Waals surface area contributed by atoms with E-state index in [0.717, 1.165) is 0 Å². The van der Waals surface area contributed by atoms with Crippen molar-refractivity contribution in [1.82, 2.24) is 5.32 Å². The molecule has 2 heterocycles. The van der Waals surface area contributed by atoms with E-state index in [1.165, 1.54) is 22.6 Å². The molecule has 0 fully saturated rings. The molecule has 0 aromatic carbocycles. The van der Waals surface area contributed by atoms with Crippen LogP contribution in [-0.2, 0) is 0 Å². The van der Waals surface area contributed by atoms with Gasteiger partial charge in [0.15, 0.2) is 0 Å². The molecule has 0 unspecified atom stereocenters. The average molecular weight is 265 g/mol. The lowest BCUT2D eigenvalue weighted by atomic mass is 10.1. The van der Waals surface area contributed by atoms with Gasteiger partial charge >= 0.3 is 0 Å². The summed E-state index contributed by atoms with van der Waals surface area (Å²) in [5, 5.41) is 8.09. The van der Waals surface area contributed by atoms with Gasteiger partial charge in [0.25, 0.3) is 0 Å². The van der Waals surface area contributed by atoms with Crippen LogP contribution in [0.25, 0.3) is 0 Å². The van der Waals surface area contributed by atoms with Crippen LogP contribution >= 0.6 is 22.7 Å². The first-order valence-electron chi connectivity index (χ1n) is 6.18. The molecule has 0 spiro atoms. The normalized spacial score (nSPS) is 11.5. The van der Waals surface area contributed by atoms with Crippen molar-refractivity contribution < 1.29 is 0 Å². The zero-order valence-corrected chi connectivity index (χ0v) is 12.0. The van der Waals surface area contributed by atoms with Crippen LogP contribution in [-0.4, -0.2) is 6.04 Å². The molecular weight excluding hydrogens is 246 g/mol. The molecule has 0 aliphatic heterocycles. The second-order valence-electron chi connectivity index (χ2n) is 4.14. The van der Waals surface area contributed by atoms with Crippen LogP contribution in [0, 0.1) is 0 Å². The largest absolute Gasteiger partial charge is 0.302 e. The van der Waals surface area contributed by atoms with Crippen molar-refractivity contribution in [3.8, 4) is 0 Å². The van der Waals surface area contributed by atoms with E-state index in [9.17, 15) is 0 Å². The highest BCUT2D eigenvalue weighted by Gasteiger charge is 2.18. The van der Waals surface area contributed by atoms with Gasteiger partial charge < -0.3 is 5.32 Å². The van der Waals surface area contributed by atoms with E-state index in [4.69, 9.17) is 0 Å². The molecule has 2 aromatic rings. The Morgan fingerprint density at radius 2 is 1.53 bits per heavy atom. The standard InChI is InChI=1S/C14H19NS2/c1-3-11(4-2)15-14(12-7-5-9-16-12)13-8-6-10-17-13/h5-11,14-15H,3-4H2,1-2H3. The van der Waals surface area contributed by atoms with Crippen molar-refractivity contribution in [2.24, 2.45) is 0 Å². The molecule has 2 rings (SSSR count). The Balaban J connectivity index is 2.19. The third-order valence-electron chi connectivity index (χ3n) is 3.04. The fourth-order valence-electron chi connectivity index (χ4n) is 1.98. The first-order valence-corrected chi connectivity index (χ1v) is 7.94. The number of thiophene rings is 2. The van der Waals surface area contributed by atoms with Gasteiger partial charge in [-0.15, -0.1) is 22.7 Å². The third-order valence-corrected chi connectivity index (χ3v) is 4.92. The Kier molecular flexibility index (Phi) is 4.77. The van der Waals surface area contributed by atoms with Crippen LogP contribution in [0.2, 0.25) is 0 Å². The van der Waals surface area contributed by atoms with Crippen LogP contribution in [0.1, 0.15) is 42.5 Å². The summed E-state index contributed by atoms with van der Waals surface area (Å²) < 4.78 is 0. The predicted molar refractivity (Wildman–Crippen MR) is 78.0 cm³/mol. The molecule has 1 nitrogen and oxygen atoms in total. The molecule has 0 saturated carbocycles. The Morgan fingerprint density at radius 1 is 1.00 bits per heavy atom. The topological polar surface area (TPSA) is 12.0 Å². The van der Waals surface area contributed by atoms with E-state index >= 15 is 0 Å². The molecule has 0 amide bonds. The van der Waals surface area contributed by atoms with Crippen LogP contribution in [0.5, 0.6) is 0 Å².